The average Bonchev–Trinajstić information content (AvgIpc) is 3.45. The van der Waals surface area contributed by atoms with Crippen molar-refractivity contribution in [2.45, 2.75) is 52.5 Å². The Balaban J connectivity index is 1.71. The second-order valence-corrected chi connectivity index (χ2v) is 8.85. The molecular formula is C26H30ClN3O2. The van der Waals surface area contributed by atoms with Crippen molar-refractivity contribution in [1.82, 2.24) is 14.7 Å². The first-order valence-corrected chi connectivity index (χ1v) is 11.8. The van der Waals surface area contributed by atoms with E-state index in [0.717, 1.165) is 55.6 Å². The summed E-state index contributed by atoms with van der Waals surface area (Å²) in [5.74, 6) is 1.72. The molecule has 1 heterocycles. The van der Waals surface area contributed by atoms with E-state index in [-0.39, 0.29) is 11.8 Å². The number of benzene rings is 2. The van der Waals surface area contributed by atoms with Crippen LogP contribution in [0.4, 0.5) is 0 Å². The minimum atomic E-state index is 0.145. The number of amides is 1. The summed E-state index contributed by atoms with van der Waals surface area (Å²) in [5.41, 5.74) is 2.71. The van der Waals surface area contributed by atoms with Gasteiger partial charge in [0.05, 0.1) is 23.5 Å². The molecule has 1 fully saturated rings. The number of carbonyl (C=O) groups excluding carboxylic acids is 1. The summed E-state index contributed by atoms with van der Waals surface area (Å²) in [6.07, 6.45) is 5.20. The lowest BCUT2D eigenvalue weighted by molar-refractivity contribution is -0.136. The fraction of sp³-hybridized carbons (Fsp3) is 0.385. The van der Waals surface area contributed by atoms with Gasteiger partial charge in [0.25, 0.3) is 0 Å². The van der Waals surface area contributed by atoms with Crippen molar-refractivity contribution in [3.8, 4) is 17.3 Å². The van der Waals surface area contributed by atoms with Crippen LogP contribution in [0, 0.1) is 12.8 Å². The van der Waals surface area contributed by atoms with Gasteiger partial charge in [-0.25, -0.2) is 4.68 Å². The monoisotopic (exact) mass is 451 g/mol. The molecule has 32 heavy (non-hydrogen) atoms. The standard InChI is InChI=1S/C26H30ClN3O2/c1-3-17-29(25(31)20-9-7-8-10-20)18-24-19(2)28-30(22-11-5-4-6-12-22)26(24)32-23-15-13-21(27)14-16-23/h4-6,11-16,20H,3,7-10,17-18H2,1-2H3. The van der Waals surface area contributed by atoms with E-state index < -0.39 is 0 Å². The molecule has 0 spiro atoms. The number of ether oxygens (including phenoxy) is 1. The normalized spacial score (nSPS) is 14.0. The molecule has 0 unspecified atom stereocenters. The SMILES string of the molecule is CCCN(Cc1c(C)nn(-c2ccccc2)c1Oc1ccc(Cl)cc1)C(=O)C1CCCC1. The highest BCUT2D eigenvalue weighted by Crippen LogP contribution is 2.33. The molecule has 0 aliphatic heterocycles. The average molecular weight is 452 g/mol. The van der Waals surface area contributed by atoms with Crippen molar-refractivity contribution in [1.29, 1.82) is 0 Å². The molecular weight excluding hydrogens is 422 g/mol. The lowest BCUT2D eigenvalue weighted by Crippen LogP contribution is -2.35. The van der Waals surface area contributed by atoms with Crippen molar-refractivity contribution in [2.75, 3.05) is 6.54 Å². The van der Waals surface area contributed by atoms with Gasteiger partial charge in [0, 0.05) is 17.5 Å². The Labute approximate surface area is 194 Å². The van der Waals surface area contributed by atoms with E-state index in [4.69, 9.17) is 21.4 Å². The molecule has 6 heteroatoms. The van der Waals surface area contributed by atoms with Crippen molar-refractivity contribution in [2.24, 2.45) is 5.92 Å². The van der Waals surface area contributed by atoms with E-state index >= 15 is 0 Å². The number of para-hydroxylation sites is 1. The summed E-state index contributed by atoms with van der Waals surface area (Å²) in [6, 6.07) is 17.2. The van der Waals surface area contributed by atoms with Crippen molar-refractivity contribution in [3.63, 3.8) is 0 Å². The van der Waals surface area contributed by atoms with Gasteiger partial charge in [-0.1, -0.05) is 49.6 Å². The zero-order chi connectivity index (χ0) is 22.5. The Morgan fingerprint density at radius 2 is 1.81 bits per heavy atom. The minimum Gasteiger partial charge on any atom is -0.439 e. The molecule has 1 saturated carbocycles. The molecule has 1 aliphatic carbocycles. The summed E-state index contributed by atoms with van der Waals surface area (Å²) in [4.78, 5) is 15.3. The lowest BCUT2D eigenvalue weighted by Gasteiger charge is -2.25. The van der Waals surface area contributed by atoms with Crippen LogP contribution in [0.2, 0.25) is 5.02 Å². The van der Waals surface area contributed by atoms with E-state index in [1.165, 1.54) is 0 Å². The van der Waals surface area contributed by atoms with Gasteiger partial charge in [0.2, 0.25) is 11.8 Å². The molecule has 0 atom stereocenters. The molecule has 0 bridgehead atoms. The first kappa shape index (κ1) is 22.4. The van der Waals surface area contributed by atoms with Crippen LogP contribution in [-0.4, -0.2) is 27.1 Å². The second kappa shape index (κ2) is 10.2. The van der Waals surface area contributed by atoms with Crippen molar-refractivity contribution in [3.05, 3.63) is 70.9 Å². The maximum atomic E-state index is 13.3. The zero-order valence-electron chi connectivity index (χ0n) is 18.8. The number of aromatic nitrogens is 2. The number of carbonyl (C=O) groups is 1. The number of halogens is 1. The fourth-order valence-corrected chi connectivity index (χ4v) is 4.47. The topological polar surface area (TPSA) is 47.4 Å². The van der Waals surface area contributed by atoms with E-state index in [9.17, 15) is 4.79 Å². The fourth-order valence-electron chi connectivity index (χ4n) is 4.34. The zero-order valence-corrected chi connectivity index (χ0v) is 19.5. The van der Waals surface area contributed by atoms with Crippen LogP contribution in [0.1, 0.15) is 50.3 Å². The molecule has 0 saturated heterocycles. The van der Waals surface area contributed by atoms with Gasteiger partial charge >= 0.3 is 0 Å². The Morgan fingerprint density at radius 1 is 1.12 bits per heavy atom. The molecule has 1 aromatic heterocycles. The van der Waals surface area contributed by atoms with Crippen LogP contribution in [0.5, 0.6) is 11.6 Å². The van der Waals surface area contributed by atoms with Gasteiger partial charge in [-0.05, 0) is 62.6 Å². The number of nitrogens with zero attached hydrogens (tertiary/aromatic N) is 3. The highest BCUT2D eigenvalue weighted by molar-refractivity contribution is 6.30. The third-order valence-electron chi connectivity index (χ3n) is 6.02. The lowest BCUT2D eigenvalue weighted by atomic mass is 10.1. The molecule has 3 aromatic rings. The molecule has 2 aromatic carbocycles. The van der Waals surface area contributed by atoms with Crippen LogP contribution in [-0.2, 0) is 11.3 Å². The first-order valence-electron chi connectivity index (χ1n) is 11.4. The Kier molecular flexibility index (Phi) is 7.15. The molecule has 1 amide bonds. The van der Waals surface area contributed by atoms with Gasteiger partial charge in [0.1, 0.15) is 5.75 Å². The summed E-state index contributed by atoms with van der Waals surface area (Å²) in [7, 11) is 0. The Morgan fingerprint density at radius 3 is 2.47 bits per heavy atom. The molecule has 5 nitrogen and oxygen atoms in total. The quantitative estimate of drug-likeness (QED) is 0.390. The van der Waals surface area contributed by atoms with Gasteiger partial charge < -0.3 is 9.64 Å². The van der Waals surface area contributed by atoms with Gasteiger partial charge in [-0.2, -0.15) is 5.10 Å². The van der Waals surface area contributed by atoms with E-state index in [1.807, 2.05) is 59.0 Å². The maximum absolute atomic E-state index is 13.3. The molecule has 0 N–H and O–H groups in total. The number of hydrogen-bond donors (Lipinski definition) is 0. The van der Waals surface area contributed by atoms with E-state index in [2.05, 4.69) is 6.92 Å². The molecule has 1 aliphatic rings. The highest BCUT2D eigenvalue weighted by atomic mass is 35.5. The predicted molar refractivity (Wildman–Crippen MR) is 127 cm³/mol. The summed E-state index contributed by atoms with van der Waals surface area (Å²) in [6.45, 7) is 5.31. The van der Waals surface area contributed by atoms with Crippen LogP contribution in [0.25, 0.3) is 5.69 Å². The predicted octanol–water partition coefficient (Wildman–Crippen LogP) is 6.56. The number of hydrogen-bond acceptors (Lipinski definition) is 3. The van der Waals surface area contributed by atoms with E-state index in [1.54, 1.807) is 12.1 Å². The Bertz CT molecular complexity index is 1040. The smallest absolute Gasteiger partial charge is 0.227 e. The second-order valence-electron chi connectivity index (χ2n) is 8.41. The third kappa shape index (κ3) is 4.99. The molecule has 168 valence electrons. The first-order chi connectivity index (χ1) is 15.6. The van der Waals surface area contributed by atoms with Crippen molar-refractivity contribution < 1.29 is 9.53 Å². The minimum absolute atomic E-state index is 0.145. The number of rotatable bonds is 8. The van der Waals surface area contributed by atoms with Crippen LogP contribution >= 0.6 is 11.6 Å². The summed E-state index contributed by atoms with van der Waals surface area (Å²) >= 11 is 6.06. The number of aryl methyl sites for hydroxylation is 1. The van der Waals surface area contributed by atoms with Gasteiger partial charge in [0.15, 0.2) is 0 Å². The van der Waals surface area contributed by atoms with Gasteiger partial charge in [-0.15, -0.1) is 0 Å². The van der Waals surface area contributed by atoms with E-state index in [0.29, 0.717) is 23.2 Å². The van der Waals surface area contributed by atoms with Crippen molar-refractivity contribution >= 4 is 17.5 Å². The van der Waals surface area contributed by atoms with Crippen LogP contribution in [0.3, 0.4) is 0 Å². The molecule has 4 rings (SSSR count). The van der Waals surface area contributed by atoms with Crippen LogP contribution < -0.4 is 4.74 Å². The Hall–Kier alpha value is -2.79. The van der Waals surface area contributed by atoms with Crippen LogP contribution in [0.15, 0.2) is 54.6 Å². The molecule has 0 radical (unpaired) electrons. The highest BCUT2D eigenvalue weighted by Gasteiger charge is 2.29. The largest absolute Gasteiger partial charge is 0.439 e. The summed E-state index contributed by atoms with van der Waals surface area (Å²) < 4.78 is 8.18. The maximum Gasteiger partial charge on any atom is 0.227 e. The third-order valence-corrected chi connectivity index (χ3v) is 6.28. The van der Waals surface area contributed by atoms with Gasteiger partial charge in [-0.3, -0.25) is 4.79 Å². The summed E-state index contributed by atoms with van der Waals surface area (Å²) in [5, 5.41) is 5.45.